The zero-order valence-corrected chi connectivity index (χ0v) is 3.82. The molecule has 0 aromatic carbocycles. The van der Waals surface area contributed by atoms with E-state index in [0.29, 0.717) is 0 Å². The normalized spacial score (nSPS) is 6.86. The Kier molecular flexibility index (Phi) is 5.91. The number of halogens is 4. The zero-order chi connectivity index (χ0) is 5.15. The molecule has 46 valence electrons. The molecule has 0 rings (SSSR count). The second-order valence-electron chi connectivity index (χ2n) is 0.521. The van der Waals surface area contributed by atoms with E-state index in [2.05, 4.69) is 0 Å². The van der Waals surface area contributed by atoms with E-state index in [0.717, 1.165) is 0 Å². The maximum absolute atomic E-state index is 10.3. The van der Waals surface area contributed by atoms with E-state index in [4.69, 9.17) is 0 Å². The van der Waals surface area contributed by atoms with Gasteiger partial charge in [0.15, 0.2) is 0 Å². The molecule has 0 nitrogen and oxygen atoms in total. The quantitative estimate of drug-likeness (QED) is 0.374. The van der Waals surface area contributed by atoms with Crippen LogP contribution in [-0.4, -0.2) is 0 Å². The van der Waals surface area contributed by atoms with Gasteiger partial charge in [0.2, 0.25) is 0 Å². The first-order chi connectivity index (χ1) is 2.64. The third kappa shape index (κ3) is 5.95. The van der Waals surface area contributed by atoms with E-state index < -0.39 is 12.2 Å². The topological polar surface area (TPSA) is 0 Å². The van der Waals surface area contributed by atoms with Crippen LogP contribution in [0.4, 0.5) is 17.6 Å². The maximum Gasteiger partial charge on any atom is 0.334 e. The standard InChI is InChI=1S/C2F4.Ni/c3-1(4)2(5)6;. The Morgan fingerprint density at radius 3 is 0.857 bits per heavy atom. The van der Waals surface area contributed by atoms with Crippen molar-refractivity contribution in [3.63, 3.8) is 0 Å². The summed E-state index contributed by atoms with van der Waals surface area (Å²) in [4.78, 5) is 0. The zero-order valence-electron chi connectivity index (χ0n) is 2.83. The molecule has 0 saturated heterocycles. The molecule has 0 amide bonds. The van der Waals surface area contributed by atoms with Gasteiger partial charge in [0, 0.05) is 16.5 Å². The molecule has 0 radical (unpaired) electrons. The number of hydrogen-bond donors (Lipinski definition) is 0. The Morgan fingerprint density at radius 1 is 0.714 bits per heavy atom. The van der Waals surface area contributed by atoms with E-state index in [1.54, 1.807) is 0 Å². The maximum atomic E-state index is 10.3. The Balaban J connectivity index is 0. The van der Waals surface area contributed by atoms with Gasteiger partial charge in [-0.2, -0.15) is 17.6 Å². The van der Waals surface area contributed by atoms with Crippen LogP contribution in [-0.2, 0) is 16.5 Å². The van der Waals surface area contributed by atoms with E-state index in [9.17, 15) is 17.6 Å². The van der Waals surface area contributed by atoms with E-state index in [1.165, 1.54) is 0 Å². The van der Waals surface area contributed by atoms with Gasteiger partial charge in [0.1, 0.15) is 0 Å². The molecular weight excluding hydrogens is 159 g/mol. The van der Waals surface area contributed by atoms with Gasteiger partial charge in [-0.3, -0.25) is 0 Å². The van der Waals surface area contributed by atoms with Gasteiger partial charge in [0.05, 0.1) is 0 Å². The summed E-state index contributed by atoms with van der Waals surface area (Å²) in [5.74, 6) is 0. The van der Waals surface area contributed by atoms with Crippen molar-refractivity contribution in [2.75, 3.05) is 0 Å². The Bertz CT molecular complexity index is 59.8. The van der Waals surface area contributed by atoms with Gasteiger partial charge in [-0.05, 0) is 0 Å². The third-order valence-corrected chi connectivity index (χ3v) is 0.143. The Hall–Kier alpha value is -0.0465. The molecule has 0 aliphatic heterocycles. The smallest absolute Gasteiger partial charge is 0.167 e. The minimum Gasteiger partial charge on any atom is -0.167 e. The second kappa shape index (κ2) is 4.12. The molecular formula is C2F4Ni. The summed E-state index contributed by atoms with van der Waals surface area (Å²) < 4.78 is 41.1. The molecule has 5 heteroatoms. The molecule has 0 aromatic heterocycles. The first kappa shape index (κ1) is 10.0. The number of hydrogen-bond acceptors (Lipinski definition) is 0. The molecule has 0 aromatic rings. The molecule has 0 spiro atoms. The van der Waals surface area contributed by atoms with Crippen LogP contribution in [0.1, 0.15) is 0 Å². The van der Waals surface area contributed by atoms with Crippen LogP contribution < -0.4 is 0 Å². The third-order valence-electron chi connectivity index (χ3n) is 0.143. The summed E-state index contributed by atoms with van der Waals surface area (Å²) in [7, 11) is 0. The molecule has 0 N–H and O–H groups in total. The monoisotopic (exact) mass is 158 g/mol. The average Bonchev–Trinajstić information content (AvgIpc) is 1.36. The second-order valence-corrected chi connectivity index (χ2v) is 0.521. The van der Waals surface area contributed by atoms with Crippen LogP contribution in [0.15, 0.2) is 12.2 Å². The average molecular weight is 159 g/mol. The molecule has 7 heavy (non-hydrogen) atoms. The largest absolute Gasteiger partial charge is 0.334 e. The van der Waals surface area contributed by atoms with Gasteiger partial charge in [-0.15, -0.1) is 0 Å². The van der Waals surface area contributed by atoms with Gasteiger partial charge in [-0.25, -0.2) is 0 Å². The van der Waals surface area contributed by atoms with Crippen molar-refractivity contribution in [2.24, 2.45) is 0 Å². The minimum atomic E-state index is -2.91. The minimum absolute atomic E-state index is 0. The summed E-state index contributed by atoms with van der Waals surface area (Å²) in [5.41, 5.74) is 0. The summed E-state index contributed by atoms with van der Waals surface area (Å²) in [5, 5.41) is 0. The summed E-state index contributed by atoms with van der Waals surface area (Å²) in [6.45, 7) is 0. The first-order valence-electron chi connectivity index (χ1n) is 1.01. The van der Waals surface area contributed by atoms with Crippen molar-refractivity contribution < 1.29 is 34.1 Å². The van der Waals surface area contributed by atoms with Crippen molar-refractivity contribution in [2.45, 2.75) is 0 Å². The van der Waals surface area contributed by atoms with Crippen LogP contribution in [0.5, 0.6) is 0 Å². The first-order valence-corrected chi connectivity index (χ1v) is 1.01. The van der Waals surface area contributed by atoms with Crippen LogP contribution in [0.2, 0.25) is 0 Å². The fraction of sp³-hybridized carbons (Fsp3) is 0. The molecule has 0 saturated carbocycles. The fourth-order valence-electron chi connectivity index (χ4n) is 0. The summed E-state index contributed by atoms with van der Waals surface area (Å²) in [6.07, 6.45) is -5.81. The van der Waals surface area contributed by atoms with Crippen molar-refractivity contribution >= 4 is 0 Å². The van der Waals surface area contributed by atoms with Crippen molar-refractivity contribution in [1.29, 1.82) is 0 Å². The van der Waals surface area contributed by atoms with Crippen molar-refractivity contribution in [1.82, 2.24) is 0 Å². The molecule has 0 aliphatic carbocycles. The van der Waals surface area contributed by atoms with Crippen molar-refractivity contribution in [3.8, 4) is 0 Å². The van der Waals surface area contributed by atoms with Crippen molar-refractivity contribution in [3.05, 3.63) is 12.2 Å². The van der Waals surface area contributed by atoms with Gasteiger partial charge < -0.3 is 0 Å². The molecule has 0 aliphatic rings. The molecule has 0 fully saturated rings. The van der Waals surface area contributed by atoms with Crippen LogP contribution in [0.25, 0.3) is 0 Å². The fourth-order valence-corrected chi connectivity index (χ4v) is 0. The number of rotatable bonds is 0. The van der Waals surface area contributed by atoms with Crippen LogP contribution in [0.3, 0.4) is 0 Å². The summed E-state index contributed by atoms with van der Waals surface area (Å²) >= 11 is 0. The van der Waals surface area contributed by atoms with E-state index in [1.807, 2.05) is 0 Å². The predicted molar refractivity (Wildman–Crippen MR) is 11.5 cm³/mol. The van der Waals surface area contributed by atoms with Crippen LogP contribution >= 0.6 is 0 Å². The molecule has 0 bridgehead atoms. The predicted octanol–water partition coefficient (Wildman–Crippen LogP) is 1.99. The van der Waals surface area contributed by atoms with Gasteiger partial charge in [0.25, 0.3) is 0 Å². The van der Waals surface area contributed by atoms with Gasteiger partial charge >= 0.3 is 12.2 Å². The molecule has 0 atom stereocenters. The Morgan fingerprint density at radius 2 is 0.857 bits per heavy atom. The Labute approximate surface area is 47.1 Å². The van der Waals surface area contributed by atoms with Gasteiger partial charge in [-0.1, -0.05) is 0 Å². The molecule has 0 unspecified atom stereocenters. The summed E-state index contributed by atoms with van der Waals surface area (Å²) in [6, 6.07) is 0. The van der Waals surface area contributed by atoms with Crippen LogP contribution in [0, 0.1) is 0 Å². The van der Waals surface area contributed by atoms with E-state index >= 15 is 0 Å². The molecule has 0 heterocycles. The van der Waals surface area contributed by atoms with E-state index in [-0.39, 0.29) is 16.5 Å². The SMILES string of the molecule is FC(F)=C(F)F.[Ni].